The van der Waals surface area contributed by atoms with Crippen molar-refractivity contribution in [1.82, 2.24) is 0 Å². The third-order valence-electron chi connectivity index (χ3n) is 3.38. The van der Waals surface area contributed by atoms with Crippen molar-refractivity contribution in [3.8, 4) is 5.75 Å². The summed E-state index contributed by atoms with van der Waals surface area (Å²) in [5, 5.41) is 13.6. The largest absolute Gasteiger partial charge is 0.497 e. The van der Waals surface area contributed by atoms with Crippen molar-refractivity contribution < 1.29 is 9.84 Å². The van der Waals surface area contributed by atoms with E-state index in [-0.39, 0.29) is 0 Å². The molecular formula is C17H20BrNO2. The van der Waals surface area contributed by atoms with Gasteiger partial charge in [0, 0.05) is 11.0 Å². The van der Waals surface area contributed by atoms with Gasteiger partial charge in [-0.05, 0) is 64.7 Å². The van der Waals surface area contributed by atoms with Gasteiger partial charge in [0.2, 0.25) is 0 Å². The van der Waals surface area contributed by atoms with E-state index in [4.69, 9.17) is 4.74 Å². The number of anilines is 1. The molecule has 0 aliphatic carbocycles. The summed E-state index contributed by atoms with van der Waals surface area (Å²) >= 11 is 3.56. The molecule has 21 heavy (non-hydrogen) atoms. The maximum absolute atomic E-state index is 10.3. The fourth-order valence-corrected chi connectivity index (χ4v) is 3.12. The van der Waals surface area contributed by atoms with Crippen LogP contribution in [0.15, 0.2) is 40.9 Å². The summed E-state index contributed by atoms with van der Waals surface area (Å²) in [4.78, 5) is 0. The Kier molecular flexibility index (Phi) is 5.26. The highest BCUT2D eigenvalue weighted by Gasteiger charge is 2.11. The maximum atomic E-state index is 10.3. The highest BCUT2D eigenvalue weighted by atomic mass is 79.9. The van der Waals surface area contributed by atoms with E-state index < -0.39 is 6.10 Å². The van der Waals surface area contributed by atoms with E-state index in [9.17, 15) is 5.11 Å². The topological polar surface area (TPSA) is 41.5 Å². The van der Waals surface area contributed by atoms with Crippen LogP contribution >= 0.6 is 15.9 Å². The molecule has 0 bridgehead atoms. The number of hydrogen-bond acceptors (Lipinski definition) is 3. The molecular weight excluding hydrogens is 330 g/mol. The monoisotopic (exact) mass is 349 g/mol. The molecule has 4 heteroatoms. The van der Waals surface area contributed by atoms with E-state index in [1.807, 2.05) is 24.3 Å². The van der Waals surface area contributed by atoms with Gasteiger partial charge >= 0.3 is 0 Å². The molecule has 0 aliphatic heterocycles. The molecule has 2 rings (SSSR count). The number of nitrogens with one attached hydrogen (secondary N) is 1. The van der Waals surface area contributed by atoms with Crippen molar-refractivity contribution in [2.45, 2.75) is 20.0 Å². The second kappa shape index (κ2) is 6.96. The Morgan fingerprint density at radius 3 is 2.67 bits per heavy atom. The molecule has 0 saturated heterocycles. The molecule has 1 unspecified atom stereocenters. The lowest BCUT2D eigenvalue weighted by Crippen LogP contribution is -2.13. The Morgan fingerprint density at radius 1 is 1.24 bits per heavy atom. The molecule has 0 radical (unpaired) electrons. The summed E-state index contributed by atoms with van der Waals surface area (Å²) < 4.78 is 6.19. The predicted octanol–water partition coefficient (Wildman–Crippen LogP) is 4.22. The van der Waals surface area contributed by atoms with Crippen LogP contribution in [0.2, 0.25) is 0 Å². The minimum absolute atomic E-state index is 0.440. The van der Waals surface area contributed by atoms with Crippen molar-refractivity contribution in [2.75, 3.05) is 19.0 Å². The maximum Gasteiger partial charge on any atom is 0.119 e. The van der Waals surface area contributed by atoms with Gasteiger partial charge in [-0.3, -0.25) is 0 Å². The van der Waals surface area contributed by atoms with Crippen LogP contribution < -0.4 is 10.1 Å². The summed E-state index contributed by atoms with van der Waals surface area (Å²) in [6.45, 7) is 4.56. The third-order valence-corrected chi connectivity index (χ3v) is 4.01. The van der Waals surface area contributed by atoms with E-state index in [2.05, 4.69) is 47.2 Å². The Bertz CT molecular complexity index is 605. The van der Waals surface area contributed by atoms with E-state index in [0.717, 1.165) is 27.0 Å². The number of rotatable bonds is 5. The number of aliphatic hydroxyl groups excluding tert-OH is 1. The molecule has 0 saturated carbocycles. The van der Waals surface area contributed by atoms with Gasteiger partial charge in [0.05, 0.1) is 18.9 Å². The number of benzene rings is 2. The van der Waals surface area contributed by atoms with E-state index in [0.29, 0.717) is 6.54 Å². The predicted molar refractivity (Wildman–Crippen MR) is 90.1 cm³/mol. The zero-order valence-electron chi connectivity index (χ0n) is 12.5. The second-order valence-electron chi connectivity index (χ2n) is 5.11. The van der Waals surface area contributed by atoms with Crippen LogP contribution in [0.3, 0.4) is 0 Å². The van der Waals surface area contributed by atoms with Crippen LogP contribution in [0.5, 0.6) is 5.75 Å². The van der Waals surface area contributed by atoms with Gasteiger partial charge in [0.25, 0.3) is 0 Å². The van der Waals surface area contributed by atoms with E-state index in [1.54, 1.807) is 7.11 Å². The average molecular weight is 350 g/mol. The molecule has 2 aromatic rings. The minimum atomic E-state index is -0.590. The molecule has 0 amide bonds. The highest BCUT2D eigenvalue weighted by Crippen LogP contribution is 2.28. The standard InChI is InChI=1S/C17H20BrNO2/c1-11-7-12(2)17(15(18)8-11)19-10-16(20)13-5-4-6-14(9-13)21-3/h4-9,16,19-20H,10H2,1-3H3. The molecule has 2 aromatic carbocycles. The highest BCUT2D eigenvalue weighted by molar-refractivity contribution is 9.10. The zero-order chi connectivity index (χ0) is 15.4. The first kappa shape index (κ1) is 15.9. The molecule has 112 valence electrons. The molecule has 2 N–H and O–H groups in total. The fraction of sp³-hybridized carbons (Fsp3) is 0.294. The van der Waals surface area contributed by atoms with Crippen LogP contribution in [0, 0.1) is 13.8 Å². The normalized spacial score (nSPS) is 12.0. The summed E-state index contributed by atoms with van der Waals surface area (Å²) in [6.07, 6.45) is -0.590. The van der Waals surface area contributed by atoms with Crippen molar-refractivity contribution in [3.63, 3.8) is 0 Å². The molecule has 0 heterocycles. The van der Waals surface area contributed by atoms with Gasteiger partial charge in [0.15, 0.2) is 0 Å². The van der Waals surface area contributed by atoms with Gasteiger partial charge in [-0.15, -0.1) is 0 Å². The van der Waals surface area contributed by atoms with E-state index >= 15 is 0 Å². The van der Waals surface area contributed by atoms with E-state index in [1.165, 1.54) is 5.56 Å². The van der Waals surface area contributed by atoms with Crippen molar-refractivity contribution >= 4 is 21.6 Å². The fourth-order valence-electron chi connectivity index (χ4n) is 2.30. The summed E-state index contributed by atoms with van der Waals surface area (Å²) in [7, 11) is 1.62. The van der Waals surface area contributed by atoms with Crippen LogP contribution in [0.1, 0.15) is 22.8 Å². The number of ether oxygens (including phenoxy) is 1. The van der Waals surface area contributed by atoms with Gasteiger partial charge in [-0.25, -0.2) is 0 Å². The van der Waals surface area contributed by atoms with Gasteiger partial charge in [-0.2, -0.15) is 0 Å². The van der Waals surface area contributed by atoms with Crippen molar-refractivity contribution in [2.24, 2.45) is 0 Å². The number of halogens is 1. The minimum Gasteiger partial charge on any atom is -0.497 e. The SMILES string of the molecule is COc1cccc(C(O)CNc2c(C)cc(C)cc2Br)c1. The first-order valence-electron chi connectivity index (χ1n) is 6.84. The first-order chi connectivity index (χ1) is 10.0. The number of methoxy groups -OCH3 is 1. The number of aryl methyl sites for hydroxylation is 2. The van der Waals surface area contributed by atoms with Gasteiger partial charge in [0.1, 0.15) is 5.75 Å². The average Bonchev–Trinajstić information content (AvgIpc) is 2.46. The molecule has 0 aliphatic rings. The Labute approximate surface area is 134 Å². The first-order valence-corrected chi connectivity index (χ1v) is 7.63. The lowest BCUT2D eigenvalue weighted by atomic mass is 10.1. The Hall–Kier alpha value is -1.52. The molecule has 3 nitrogen and oxygen atoms in total. The third kappa shape index (κ3) is 3.99. The lowest BCUT2D eigenvalue weighted by Gasteiger charge is -2.17. The second-order valence-corrected chi connectivity index (χ2v) is 5.97. The molecule has 0 fully saturated rings. The quantitative estimate of drug-likeness (QED) is 0.848. The Morgan fingerprint density at radius 2 is 2.00 bits per heavy atom. The summed E-state index contributed by atoms with van der Waals surface area (Å²) in [5.74, 6) is 0.749. The van der Waals surface area contributed by atoms with Crippen LogP contribution in [0.4, 0.5) is 5.69 Å². The summed E-state index contributed by atoms with van der Waals surface area (Å²) in [5.41, 5.74) is 4.21. The lowest BCUT2D eigenvalue weighted by molar-refractivity contribution is 0.191. The Balaban J connectivity index is 2.09. The van der Waals surface area contributed by atoms with Crippen molar-refractivity contribution in [3.05, 3.63) is 57.6 Å². The molecule has 1 atom stereocenters. The number of aliphatic hydroxyl groups is 1. The van der Waals surface area contributed by atoms with Crippen LogP contribution in [0.25, 0.3) is 0 Å². The molecule has 0 aromatic heterocycles. The van der Waals surface area contributed by atoms with Gasteiger partial charge < -0.3 is 15.2 Å². The zero-order valence-corrected chi connectivity index (χ0v) is 14.1. The summed E-state index contributed by atoms with van der Waals surface area (Å²) in [6, 6.07) is 11.7. The van der Waals surface area contributed by atoms with Gasteiger partial charge in [-0.1, -0.05) is 18.2 Å². The van der Waals surface area contributed by atoms with Crippen LogP contribution in [-0.4, -0.2) is 18.8 Å². The van der Waals surface area contributed by atoms with Crippen molar-refractivity contribution in [1.29, 1.82) is 0 Å². The van der Waals surface area contributed by atoms with Crippen LogP contribution in [-0.2, 0) is 0 Å². The number of hydrogen-bond donors (Lipinski definition) is 2. The smallest absolute Gasteiger partial charge is 0.119 e. The molecule has 0 spiro atoms.